The number of benzene rings is 1. The lowest BCUT2D eigenvalue weighted by Gasteiger charge is -2.36. The predicted molar refractivity (Wildman–Crippen MR) is 127 cm³/mol. The Morgan fingerprint density at radius 1 is 1.15 bits per heavy atom. The molecule has 6 heteroatoms. The maximum atomic E-state index is 5.37. The highest BCUT2D eigenvalue weighted by molar-refractivity contribution is 7.80. The van der Waals surface area contributed by atoms with Crippen LogP contribution in [0.15, 0.2) is 29.6 Å². The highest BCUT2D eigenvalue weighted by Gasteiger charge is 2.18. The van der Waals surface area contributed by atoms with Gasteiger partial charge in [-0.1, -0.05) is 18.3 Å². The SMILES string of the molecule is CC(=S)N(CCCCN1CCN(c2cccc3sccc23)CC1)C(C)C.Cl. The summed E-state index contributed by atoms with van der Waals surface area (Å²) < 4.78 is 1.40. The molecule has 0 amide bonds. The maximum absolute atomic E-state index is 5.37. The molecular weight excluding hydrogens is 394 g/mol. The number of rotatable bonds is 7. The van der Waals surface area contributed by atoms with Gasteiger partial charge in [-0.15, -0.1) is 23.7 Å². The van der Waals surface area contributed by atoms with E-state index in [1.165, 1.54) is 48.2 Å². The predicted octanol–water partition coefficient (Wildman–Crippen LogP) is 5.28. The van der Waals surface area contributed by atoms with Gasteiger partial charge in [0.1, 0.15) is 0 Å². The first kappa shape index (κ1) is 22.4. The Kier molecular flexibility index (Phi) is 8.80. The second-order valence-electron chi connectivity index (χ2n) is 7.45. The van der Waals surface area contributed by atoms with Gasteiger partial charge in [0.25, 0.3) is 0 Å². The Bertz CT molecular complexity index is 723. The van der Waals surface area contributed by atoms with Gasteiger partial charge in [0.15, 0.2) is 0 Å². The topological polar surface area (TPSA) is 9.72 Å². The van der Waals surface area contributed by atoms with Crippen LogP contribution in [-0.2, 0) is 0 Å². The van der Waals surface area contributed by atoms with Crippen molar-refractivity contribution in [3.05, 3.63) is 29.6 Å². The van der Waals surface area contributed by atoms with Crippen molar-refractivity contribution in [3.63, 3.8) is 0 Å². The summed E-state index contributed by atoms with van der Waals surface area (Å²) in [6.45, 7) is 13.4. The third-order valence-electron chi connectivity index (χ3n) is 5.34. The fraction of sp³-hybridized carbons (Fsp3) is 0.571. The molecule has 1 fully saturated rings. The van der Waals surface area contributed by atoms with Gasteiger partial charge in [0.05, 0.1) is 4.99 Å². The smallest absolute Gasteiger partial charge is 0.0750 e. The molecule has 0 unspecified atom stereocenters. The van der Waals surface area contributed by atoms with E-state index in [2.05, 4.69) is 58.2 Å². The number of hydrogen-bond donors (Lipinski definition) is 0. The first-order chi connectivity index (χ1) is 12.6. The fourth-order valence-corrected chi connectivity index (χ4v) is 4.97. The molecular formula is C21H32ClN3S2. The zero-order valence-electron chi connectivity index (χ0n) is 16.7. The molecule has 1 aliphatic heterocycles. The molecule has 0 atom stereocenters. The van der Waals surface area contributed by atoms with E-state index in [9.17, 15) is 0 Å². The van der Waals surface area contributed by atoms with Crippen LogP contribution in [0, 0.1) is 0 Å². The minimum absolute atomic E-state index is 0. The molecule has 1 aliphatic rings. The molecule has 0 saturated carbocycles. The van der Waals surface area contributed by atoms with Crippen LogP contribution in [-0.4, -0.2) is 60.1 Å². The molecule has 2 aromatic rings. The standard InChI is InChI=1S/C21H31N3S2.ClH/c1-17(2)24(18(3)25)11-5-4-10-22-12-14-23(15-13-22)20-7-6-8-21-19(20)9-16-26-21;/h6-9,16-17H,4-5,10-15H2,1-3H3;1H. The largest absolute Gasteiger partial charge is 0.368 e. The van der Waals surface area contributed by atoms with Gasteiger partial charge in [-0.25, -0.2) is 0 Å². The van der Waals surface area contributed by atoms with Crippen LogP contribution in [0.5, 0.6) is 0 Å². The molecule has 0 spiro atoms. The van der Waals surface area contributed by atoms with E-state index < -0.39 is 0 Å². The van der Waals surface area contributed by atoms with E-state index in [0.29, 0.717) is 6.04 Å². The van der Waals surface area contributed by atoms with Crippen LogP contribution in [0.4, 0.5) is 5.69 Å². The summed E-state index contributed by atoms with van der Waals surface area (Å²) >= 11 is 7.20. The minimum atomic E-state index is 0. The number of piperazine rings is 1. The highest BCUT2D eigenvalue weighted by atomic mass is 35.5. The molecule has 0 N–H and O–H groups in total. The number of anilines is 1. The summed E-state index contributed by atoms with van der Waals surface area (Å²) in [4.78, 5) is 8.54. The number of halogens is 1. The van der Waals surface area contributed by atoms with E-state index in [-0.39, 0.29) is 12.4 Å². The van der Waals surface area contributed by atoms with Gasteiger partial charge in [-0.2, -0.15) is 0 Å². The van der Waals surface area contributed by atoms with Gasteiger partial charge in [-0.3, -0.25) is 4.90 Å². The summed E-state index contributed by atoms with van der Waals surface area (Å²) in [5.41, 5.74) is 1.41. The van der Waals surface area contributed by atoms with E-state index in [0.717, 1.165) is 24.6 Å². The van der Waals surface area contributed by atoms with Crippen LogP contribution in [0.1, 0.15) is 33.6 Å². The minimum Gasteiger partial charge on any atom is -0.368 e. The Balaban J connectivity index is 0.00000261. The molecule has 3 rings (SSSR count). The molecule has 1 aromatic heterocycles. The number of thiocarbonyl (C=S) groups is 1. The van der Waals surface area contributed by atoms with Crippen molar-refractivity contribution in [2.45, 2.75) is 39.7 Å². The quantitative estimate of drug-likeness (QED) is 0.440. The van der Waals surface area contributed by atoms with E-state index >= 15 is 0 Å². The maximum Gasteiger partial charge on any atom is 0.0750 e. The Labute approximate surface area is 179 Å². The molecule has 0 bridgehead atoms. The molecule has 150 valence electrons. The van der Waals surface area contributed by atoms with Gasteiger partial charge in [0, 0.05) is 54.5 Å². The van der Waals surface area contributed by atoms with Gasteiger partial charge in [-0.05, 0) is 63.7 Å². The number of hydrogen-bond acceptors (Lipinski definition) is 4. The molecule has 0 radical (unpaired) electrons. The average molecular weight is 426 g/mol. The second-order valence-corrected chi connectivity index (χ2v) is 8.99. The van der Waals surface area contributed by atoms with E-state index in [4.69, 9.17) is 12.2 Å². The van der Waals surface area contributed by atoms with Crippen LogP contribution < -0.4 is 4.90 Å². The van der Waals surface area contributed by atoms with E-state index in [1.807, 2.05) is 18.3 Å². The first-order valence-electron chi connectivity index (χ1n) is 9.77. The summed E-state index contributed by atoms with van der Waals surface area (Å²) in [6, 6.07) is 9.47. The number of unbranched alkanes of at least 4 members (excludes halogenated alkanes) is 1. The fourth-order valence-electron chi connectivity index (χ4n) is 3.86. The van der Waals surface area contributed by atoms with Crippen molar-refractivity contribution in [2.75, 3.05) is 44.2 Å². The van der Waals surface area contributed by atoms with Crippen molar-refractivity contribution < 1.29 is 0 Å². The number of fused-ring (bicyclic) bond motifs is 1. The van der Waals surface area contributed by atoms with Crippen LogP contribution in [0.3, 0.4) is 0 Å². The highest BCUT2D eigenvalue weighted by Crippen LogP contribution is 2.31. The zero-order chi connectivity index (χ0) is 18.5. The Hall–Kier alpha value is -0.880. The lowest BCUT2D eigenvalue weighted by Crippen LogP contribution is -2.46. The summed E-state index contributed by atoms with van der Waals surface area (Å²) in [6.07, 6.45) is 2.48. The van der Waals surface area contributed by atoms with Gasteiger partial charge < -0.3 is 9.80 Å². The Morgan fingerprint density at radius 2 is 1.89 bits per heavy atom. The summed E-state index contributed by atoms with van der Waals surface area (Å²) in [5.74, 6) is 0. The third kappa shape index (κ3) is 5.80. The lowest BCUT2D eigenvalue weighted by molar-refractivity contribution is 0.246. The molecule has 0 aliphatic carbocycles. The van der Waals surface area contributed by atoms with Crippen LogP contribution >= 0.6 is 36.0 Å². The average Bonchev–Trinajstić information content (AvgIpc) is 3.10. The van der Waals surface area contributed by atoms with Crippen molar-refractivity contribution in [1.29, 1.82) is 0 Å². The summed E-state index contributed by atoms with van der Waals surface area (Å²) in [5, 5.41) is 3.61. The van der Waals surface area contributed by atoms with Crippen molar-refractivity contribution in [1.82, 2.24) is 9.80 Å². The third-order valence-corrected chi connectivity index (χ3v) is 6.45. The van der Waals surface area contributed by atoms with Gasteiger partial charge >= 0.3 is 0 Å². The van der Waals surface area contributed by atoms with Gasteiger partial charge in [0.2, 0.25) is 0 Å². The lowest BCUT2D eigenvalue weighted by atomic mass is 10.1. The zero-order valence-corrected chi connectivity index (χ0v) is 19.1. The summed E-state index contributed by atoms with van der Waals surface area (Å²) in [7, 11) is 0. The molecule has 27 heavy (non-hydrogen) atoms. The monoisotopic (exact) mass is 425 g/mol. The van der Waals surface area contributed by atoms with E-state index in [1.54, 1.807) is 0 Å². The second kappa shape index (κ2) is 10.6. The van der Waals surface area contributed by atoms with Crippen molar-refractivity contribution in [2.24, 2.45) is 0 Å². The molecule has 1 saturated heterocycles. The Morgan fingerprint density at radius 3 is 2.56 bits per heavy atom. The first-order valence-corrected chi connectivity index (χ1v) is 11.1. The normalized spacial score (nSPS) is 15.2. The molecule has 3 nitrogen and oxygen atoms in total. The molecule has 2 heterocycles. The van der Waals surface area contributed by atoms with Crippen LogP contribution in [0.2, 0.25) is 0 Å². The molecule has 1 aromatic carbocycles. The van der Waals surface area contributed by atoms with Crippen molar-refractivity contribution in [3.8, 4) is 0 Å². The van der Waals surface area contributed by atoms with Crippen molar-refractivity contribution >= 4 is 56.7 Å². The number of nitrogens with zero attached hydrogens (tertiary/aromatic N) is 3. The number of thiophene rings is 1. The van der Waals surface area contributed by atoms with Crippen LogP contribution in [0.25, 0.3) is 10.1 Å².